The Balaban J connectivity index is 1.19. The number of hydrogen-bond donors (Lipinski definition) is 0. The highest BCUT2D eigenvalue weighted by atomic mass is 15.1. The lowest BCUT2D eigenvalue weighted by Gasteiger charge is -2.17. The second kappa shape index (κ2) is 11.4. The van der Waals surface area contributed by atoms with Crippen molar-refractivity contribution >= 4 is 43.6 Å². The maximum Gasteiger partial charge on any atom is 0.146 e. The molecule has 0 aliphatic carbocycles. The lowest BCUT2D eigenvalue weighted by atomic mass is 9.90. The number of benzene rings is 8. The van der Waals surface area contributed by atoms with Crippen molar-refractivity contribution in [1.82, 2.24) is 19.1 Å². The first-order valence-corrected chi connectivity index (χ1v) is 16.9. The van der Waals surface area contributed by atoms with Crippen molar-refractivity contribution in [2.75, 3.05) is 0 Å². The van der Waals surface area contributed by atoms with E-state index in [0.717, 1.165) is 67.0 Å². The molecule has 0 atom stereocenters. The first kappa shape index (κ1) is 28.3. The fourth-order valence-corrected chi connectivity index (χ4v) is 7.55. The van der Waals surface area contributed by atoms with Crippen LogP contribution < -0.4 is 0 Å². The van der Waals surface area contributed by atoms with Crippen LogP contribution in [0, 0.1) is 0 Å². The van der Waals surface area contributed by atoms with Crippen molar-refractivity contribution in [2.45, 2.75) is 0 Å². The Labute approximate surface area is 289 Å². The number of rotatable bonds is 5. The maximum atomic E-state index is 5.21. The molecule has 50 heavy (non-hydrogen) atoms. The van der Waals surface area contributed by atoms with E-state index in [-0.39, 0.29) is 0 Å². The van der Waals surface area contributed by atoms with Gasteiger partial charge in [-0.3, -0.25) is 9.13 Å². The van der Waals surface area contributed by atoms with Gasteiger partial charge in [0.05, 0.1) is 22.1 Å². The van der Waals surface area contributed by atoms with Crippen LogP contribution in [0.2, 0.25) is 0 Å². The average molecular weight is 639 g/mol. The maximum absolute atomic E-state index is 5.21. The molecule has 4 nitrogen and oxygen atoms in total. The van der Waals surface area contributed by atoms with E-state index < -0.39 is 0 Å². The highest BCUT2D eigenvalue weighted by molar-refractivity contribution is 6.12. The van der Waals surface area contributed by atoms with E-state index in [1.807, 2.05) is 0 Å². The van der Waals surface area contributed by atoms with Gasteiger partial charge in [-0.05, 0) is 93.3 Å². The van der Waals surface area contributed by atoms with Crippen LogP contribution in [-0.2, 0) is 0 Å². The summed E-state index contributed by atoms with van der Waals surface area (Å²) in [7, 11) is 0. The summed E-state index contributed by atoms with van der Waals surface area (Å²) in [6.45, 7) is 0. The molecule has 0 spiro atoms. The summed E-state index contributed by atoms with van der Waals surface area (Å²) >= 11 is 0. The fraction of sp³-hybridized carbons (Fsp3) is 0. The zero-order chi connectivity index (χ0) is 33.0. The summed E-state index contributed by atoms with van der Waals surface area (Å²) in [5.74, 6) is 1.86. The SMILES string of the molecule is c1ccc(-n2c(-c3ccc(-c4ccc(-c5nc6ccccc6n5-c5ccccc5)c5ccccc45)c4ccccc34)nc3ccccc32)cc1. The van der Waals surface area contributed by atoms with Crippen LogP contribution in [0.25, 0.3) is 88.9 Å². The molecule has 10 rings (SSSR count). The Kier molecular flexibility index (Phi) is 6.46. The van der Waals surface area contributed by atoms with Crippen molar-refractivity contribution in [3.63, 3.8) is 0 Å². The third-order valence-electron chi connectivity index (χ3n) is 9.77. The molecule has 2 heterocycles. The summed E-state index contributed by atoms with van der Waals surface area (Å²) in [6, 6.07) is 64.3. The molecule has 0 unspecified atom stereocenters. The standard InChI is InChI=1S/C46H30N4/c1-3-15-31(16-4-1)49-43-25-13-11-23-41(43)47-45(49)39-29-27-37(33-19-7-9-21-35(33)39)38-28-30-40(36-22-10-8-20-34(36)38)46-48-42-24-12-14-26-44(42)50(46)32-17-5-2-6-18-32/h1-30H. The highest BCUT2D eigenvalue weighted by Crippen LogP contribution is 2.42. The Morgan fingerprint density at radius 2 is 0.600 bits per heavy atom. The highest BCUT2D eigenvalue weighted by Gasteiger charge is 2.21. The minimum absolute atomic E-state index is 0.931. The normalized spacial score (nSPS) is 11.6. The van der Waals surface area contributed by atoms with Gasteiger partial charge in [0.25, 0.3) is 0 Å². The van der Waals surface area contributed by atoms with E-state index >= 15 is 0 Å². The van der Waals surface area contributed by atoms with Crippen molar-refractivity contribution in [3.05, 3.63) is 182 Å². The van der Waals surface area contributed by atoms with Crippen molar-refractivity contribution < 1.29 is 0 Å². The monoisotopic (exact) mass is 638 g/mol. The van der Waals surface area contributed by atoms with Gasteiger partial charge in [0.15, 0.2) is 0 Å². The van der Waals surface area contributed by atoms with Gasteiger partial charge in [-0.25, -0.2) is 9.97 Å². The van der Waals surface area contributed by atoms with Crippen LogP contribution in [0.5, 0.6) is 0 Å². The van der Waals surface area contributed by atoms with Gasteiger partial charge < -0.3 is 0 Å². The van der Waals surface area contributed by atoms with Gasteiger partial charge >= 0.3 is 0 Å². The lowest BCUT2D eigenvalue weighted by Crippen LogP contribution is -1.99. The van der Waals surface area contributed by atoms with Gasteiger partial charge in [-0.1, -0.05) is 121 Å². The van der Waals surface area contributed by atoms with Crippen LogP contribution in [0.3, 0.4) is 0 Å². The van der Waals surface area contributed by atoms with Crippen LogP contribution >= 0.6 is 0 Å². The molecule has 0 amide bonds. The predicted molar refractivity (Wildman–Crippen MR) is 207 cm³/mol. The Bertz CT molecular complexity index is 2670. The van der Waals surface area contributed by atoms with Crippen LogP contribution in [0.4, 0.5) is 0 Å². The van der Waals surface area contributed by atoms with Crippen LogP contribution in [-0.4, -0.2) is 19.1 Å². The summed E-state index contributed by atoms with van der Waals surface area (Å²) in [4.78, 5) is 10.4. The minimum atomic E-state index is 0.931. The molecule has 4 heteroatoms. The van der Waals surface area contributed by atoms with E-state index in [1.54, 1.807) is 0 Å². The zero-order valence-electron chi connectivity index (χ0n) is 27.1. The van der Waals surface area contributed by atoms with Gasteiger partial charge in [0.1, 0.15) is 11.6 Å². The second-order valence-corrected chi connectivity index (χ2v) is 12.6. The molecule has 0 N–H and O–H groups in total. The van der Waals surface area contributed by atoms with Crippen molar-refractivity contribution in [3.8, 4) is 45.3 Å². The largest absolute Gasteiger partial charge is 0.292 e. The van der Waals surface area contributed by atoms with E-state index in [2.05, 4.69) is 191 Å². The molecule has 8 aromatic carbocycles. The topological polar surface area (TPSA) is 35.6 Å². The number of aromatic nitrogens is 4. The minimum Gasteiger partial charge on any atom is -0.292 e. The number of para-hydroxylation sites is 6. The Hall–Kier alpha value is -6.78. The van der Waals surface area contributed by atoms with E-state index in [1.165, 1.54) is 21.9 Å². The van der Waals surface area contributed by atoms with E-state index in [9.17, 15) is 0 Å². The van der Waals surface area contributed by atoms with Crippen molar-refractivity contribution in [2.24, 2.45) is 0 Å². The molecule has 0 aliphatic rings. The molecule has 0 fully saturated rings. The molecule has 0 saturated heterocycles. The molecule has 0 radical (unpaired) electrons. The molecule has 0 saturated carbocycles. The van der Waals surface area contributed by atoms with Crippen LogP contribution in [0.15, 0.2) is 182 Å². The lowest BCUT2D eigenvalue weighted by molar-refractivity contribution is 1.10. The fourth-order valence-electron chi connectivity index (χ4n) is 7.55. The number of fused-ring (bicyclic) bond motifs is 4. The van der Waals surface area contributed by atoms with Crippen LogP contribution in [0.1, 0.15) is 0 Å². The first-order chi connectivity index (χ1) is 24.8. The third-order valence-corrected chi connectivity index (χ3v) is 9.77. The number of imidazole rings is 2. The zero-order valence-corrected chi connectivity index (χ0v) is 27.1. The second-order valence-electron chi connectivity index (χ2n) is 12.6. The number of hydrogen-bond acceptors (Lipinski definition) is 2. The molecule has 0 bridgehead atoms. The molecule has 234 valence electrons. The molecule has 0 aliphatic heterocycles. The van der Waals surface area contributed by atoms with Gasteiger partial charge in [0, 0.05) is 22.5 Å². The molecule has 10 aromatic rings. The number of nitrogens with zero attached hydrogens (tertiary/aromatic N) is 4. The smallest absolute Gasteiger partial charge is 0.146 e. The third kappa shape index (κ3) is 4.39. The predicted octanol–water partition coefficient (Wildman–Crippen LogP) is 11.7. The van der Waals surface area contributed by atoms with E-state index in [0.29, 0.717) is 0 Å². The van der Waals surface area contributed by atoms with Gasteiger partial charge in [-0.2, -0.15) is 0 Å². The molecular formula is C46H30N4. The quantitative estimate of drug-likeness (QED) is 0.188. The Morgan fingerprint density at radius 1 is 0.280 bits per heavy atom. The summed E-state index contributed by atoms with van der Waals surface area (Å²) in [5, 5.41) is 4.70. The average Bonchev–Trinajstić information content (AvgIpc) is 3.77. The first-order valence-electron chi connectivity index (χ1n) is 16.9. The van der Waals surface area contributed by atoms with Gasteiger partial charge in [0.2, 0.25) is 0 Å². The Morgan fingerprint density at radius 3 is 1.02 bits per heavy atom. The summed E-state index contributed by atoms with van der Waals surface area (Å²) in [5.41, 5.74) is 10.9. The molecule has 2 aromatic heterocycles. The van der Waals surface area contributed by atoms with Crippen molar-refractivity contribution in [1.29, 1.82) is 0 Å². The summed E-state index contributed by atoms with van der Waals surface area (Å²) in [6.07, 6.45) is 0. The van der Waals surface area contributed by atoms with E-state index in [4.69, 9.17) is 9.97 Å². The molecular weight excluding hydrogens is 609 g/mol. The van der Waals surface area contributed by atoms with Gasteiger partial charge in [-0.15, -0.1) is 0 Å². The summed E-state index contributed by atoms with van der Waals surface area (Å²) < 4.78 is 4.56.